The first-order valence-electron chi connectivity index (χ1n) is 6.87. The SMILES string of the molecule is COC1(c2noc(C(N)CCO)n2)CCC(C)CC1. The van der Waals surface area contributed by atoms with Crippen LogP contribution in [-0.2, 0) is 10.3 Å². The normalized spacial score (nSPS) is 29.4. The van der Waals surface area contributed by atoms with E-state index in [1.54, 1.807) is 7.11 Å². The average molecular weight is 269 g/mol. The molecule has 1 aliphatic rings. The van der Waals surface area contributed by atoms with Gasteiger partial charge in [0.05, 0.1) is 6.04 Å². The van der Waals surface area contributed by atoms with E-state index >= 15 is 0 Å². The van der Waals surface area contributed by atoms with Crippen molar-refractivity contribution < 1.29 is 14.4 Å². The van der Waals surface area contributed by atoms with Crippen LogP contribution in [0.5, 0.6) is 0 Å². The lowest BCUT2D eigenvalue weighted by Crippen LogP contribution is -2.34. The van der Waals surface area contributed by atoms with E-state index in [1.165, 1.54) is 0 Å². The van der Waals surface area contributed by atoms with Crippen LogP contribution < -0.4 is 5.73 Å². The summed E-state index contributed by atoms with van der Waals surface area (Å²) in [4.78, 5) is 4.38. The maximum atomic E-state index is 8.88. The summed E-state index contributed by atoms with van der Waals surface area (Å²) >= 11 is 0. The van der Waals surface area contributed by atoms with Gasteiger partial charge in [0.2, 0.25) is 11.7 Å². The molecule has 0 aliphatic heterocycles. The van der Waals surface area contributed by atoms with Crippen molar-refractivity contribution in [2.45, 2.75) is 50.7 Å². The zero-order valence-electron chi connectivity index (χ0n) is 11.6. The van der Waals surface area contributed by atoms with E-state index in [9.17, 15) is 0 Å². The summed E-state index contributed by atoms with van der Waals surface area (Å²) < 4.78 is 10.9. The van der Waals surface area contributed by atoms with Crippen LogP contribution in [-0.4, -0.2) is 29.0 Å². The molecular weight excluding hydrogens is 246 g/mol. The minimum absolute atomic E-state index is 0.00577. The highest BCUT2D eigenvalue weighted by atomic mass is 16.5. The van der Waals surface area contributed by atoms with Crippen LogP contribution in [0.15, 0.2) is 4.52 Å². The Labute approximate surface area is 113 Å². The predicted octanol–water partition coefficient (Wildman–Crippen LogP) is 1.50. The number of aliphatic hydroxyl groups is 1. The number of ether oxygens (including phenoxy) is 1. The lowest BCUT2D eigenvalue weighted by molar-refractivity contribution is -0.0609. The molecule has 1 aliphatic carbocycles. The fraction of sp³-hybridized carbons (Fsp3) is 0.846. The van der Waals surface area contributed by atoms with Crippen molar-refractivity contribution in [3.05, 3.63) is 11.7 Å². The van der Waals surface area contributed by atoms with Gasteiger partial charge in [-0.05, 0) is 38.0 Å². The summed E-state index contributed by atoms with van der Waals surface area (Å²) in [6.07, 6.45) is 4.41. The molecule has 0 amide bonds. The van der Waals surface area contributed by atoms with E-state index in [0.29, 0.717) is 24.1 Å². The van der Waals surface area contributed by atoms with Crippen molar-refractivity contribution in [1.29, 1.82) is 0 Å². The highest BCUT2D eigenvalue weighted by Gasteiger charge is 2.40. The molecule has 1 atom stereocenters. The summed E-state index contributed by atoms with van der Waals surface area (Å²) in [6, 6.07) is -0.414. The summed E-state index contributed by atoms with van der Waals surface area (Å²) in [5.41, 5.74) is 5.42. The first-order chi connectivity index (χ1) is 9.11. The molecule has 2 rings (SSSR count). The van der Waals surface area contributed by atoms with Crippen LogP contribution in [0.3, 0.4) is 0 Å². The second-order valence-electron chi connectivity index (χ2n) is 5.46. The standard InChI is InChI=1S/C13H23N3O3/c1-9-3-6-13(18-2,7-4-9)12-15-11(19-16-12)10(14)5-8-17/h9-10,17H,3-8,14H2,1-2H3. The smallest absolute Gasteiger partial charge is 0.243 e. The summed E-state index contributed by atoms with van der Waals surface area (Å²) in [5, 5.41) is 12.9. The molecule has 1 heterocycles. The van der Waals surface area contributed by atoms with Gasteiger partial charge in [-0.2, -0.15) is 4.98 Å². The molecule has 6 heteroatoms. The maximum absolute atomic E-state index is 8.88. The predicted molar refractivity (Wildman–Crippen MR) is 69.2 cm³/mol. The molecule has 1 unspecified atom stereocenters. The topological polar surface area (TPSA) is 94.4 Å². The summed E-state index contributed by atoms with van der Waals surface area (Å²) in [7, 11) is 1.69. The fourth-order valence-electron chi connectivity index (χ4n) is 2.58. The zero-order chi connectivity index (χ0) is 13.9. The Morgan fingerprint density at radius 2 is 2.21 bits per heavy atom. The Balaban J connectivity index is 2.15. The summed E-state index contributed by atoms with van der Waals surface area (Å²) in [6.45, 7) is 2.25. The molecule has 0 aromatic carbocycles. The number of nitrogens with two attached hydrogens (primary N) is 1. The molecule has 1 aromatic rings. The van der Waals surface area contributed by atoms with Gasteiger partial charge in [0, 0.05) is 13.7 Å². The van der Waals surface area contributed by atoms with Crippen molar-refractivity contribution in [2.75, 3.05) is 13.7 Å². The Morgan fingerprint density at radius 3 is 2.79 bits per heavy atom. The van der Waals surface area contributed by atoms with E-state index in [4.69, 9.17) is 20.1 Å². The molecule has 0 bridgehead atoms. The van der Waals surface area contributed by atoms with Crippen LogP contribution in [0.2, 0.25) is 0 Å². The molecule has 0 radical (unpaired) electrons. The average Bonchev–Trinajstić information content (AvgIpc) is 2.91. The fourth-order valence-corrected chi connectivity index (χ4v) is 2.58. The van der Waals surface area contributed by atoms with Gasteiger partial charge < -0.3 is 20.1 Å². The van der Waals surface area contributed by atoms with Gasteiger partial charge in [-0.25, -0.2) is 0 Å². The van der Waals surface area contributed by atoms with Crippen LogP contribution in [0.1, 0.15) is 56.8 Å². The molecular formula is C13H23N3O3. The molecule has 0 saturated heterocycles. The Hall–Kier alpha value is -0.980. The molecule has 6 nitrogen and oxygen atoms in total. The molecule has 1 fully saturated rings. The van der Waals surface area contributed by atoms with Gasteiger partial charge in [0.25, 0.3) is 0 Å². The first kappa shape index (κ1) is 14.4. The van der Waals surface area contributed by atoms with Crippen LogP contribution in [0, 0.1) is 5.92 Å². The van der Waals surface area contributed by atoms with Gasteiger partial charge in [-0.1, -0.05) is 12.1 Å². The largest absolute Gasteiger partial charge is 0.396 e. The Bertz CT molecular complexity index is 400. The van der Waals surface area contributed by atoms with Gasteiger partial charge in [0.15, 0.2) is 0 Å². The second-order valence-corrected chi connectivity index (χ2v) is 5.46. The van der Waals surface area contributed by atoms with Gasteiger partial charge >= 0.3 is 0 Å². The highest BCUT2D eigenvalue weighted by Crippen LogP contribution is 2.40. The highest BCUT2D eigenvalue weighted by molar-refractivity contribution is 5.05. The number of nitrogens with zero attached hydrogens (tertiary/aromatic N) is 2. The van der Waals surface area contributed by atoms with Crippen LogP contribution in [0.25, 0.3) is 0 Å². The summed E-state index contributed by atoms with van der Waals surface area (Å²) in [5.74, 6) is 1.68. The Morgan fingerprint density at radius 1 is 1.53 bits per heavy atom. The van der Waals surface area contributed by atoms with Gasteiger partial charge in [-0.3, -0.25) is 0 Å². The zero-order valence-corrected chi connectivity index (χ0v) is 11.6. The van der Waals surface area contributed by atoms with Crippen molar-refractivity contribution in [3.63, 3.8) is 0 Å². The third-order valence-corrected chi connectivity index (χ3v) is 4.08. The number of aliphatic hydroxyl groups excluding tert-OH is 1. The third-order valence-electron chi connectivity index (χ3n) is 4.08. The maximum Gasteiger partial charge on any atom is 0.243 e. The van der Waals surface area contributed by atoms with Crippen LogP contribution >= 0.6 is 0 Å². The Kier molecular flexibility index (Phi) is 4.54. The lowest BCUT2D eigenvalue weighted by Gasteiger charge is -2.35. The minimum Gasteiger partial charge on any atom is -0.396 e. The molecule has 0 spiro atoms. The molecule has 108 valence electrons. The van der Waals surface area contributed by atoms with E-state index in [0.717, 1.165) is 25.7 Å². The minimum atomic E-state index is -0.437. The van der Waals surface area contributed by atoms with E-state index in [-0.39, 0.29) is 6.61 Å². The van der Waals surface area contributed by atoms with E-state index in [2.05, 4.69) is 17.1 Å². The number of methoxy groups -OCH3 is 1. The quantitative estimate of drug-likeness (QED) is 0.841. The number of hydrogen-bond donors (Lipinski definition) is 2. The first-order valence-corrected chi connectivity index (χ1v) is 6.87. The monoisotopic (exact) mass is 269 g/mol. The second kappa shape index (κ2) is 5.98. The number of hydrogen-bond acceptors (Lipinski definition) is 6. The molecule has 19 heavy (non-hydrogen) atoms. The lowest BCUT2D eigenvalue weighted by atomic mass is 9.79. The van der Waals surface area contributed by atoms with Crippen molar-refractivity contribution in [1.82, 2.24) is 10.1 Å². The van der Waals surface area contributed by atoms with E-state index in [1.807, 2.05) is 0 Å². The number of rotatable bonds is 5. The van der Waals surface area contributed by atoms with Crippen molar-refractivity contribution in [2.24, 2.45) is 11.7 Å². The molecule has 1 saturated carbocycles. The molecule has 3 N–H and O–H groups in total. The third kappa shape index (κ3) is 2.96. The van der Waals surface area contributed by atoms with Gasteiger partial charge in [-0.15, -0.1) is 0 Å². The van der Waals surface area contributed by atoms with Crippen molar-refractivity contribution >= 4 is 0 Å². The van der Waals surface area contributed by atoms with Crippen LogP contribution in [0.4, 0.5) is 0 Å². The van der Waals surface area contributed by atoms with Crippen molar-refractivity contribution in [3.8, 4) is 0 Å². The van der Waals surface area contributed by atoms with Gasteiger partial charge in [0.1, 0.15) is 5.60 Å². The number of aromatic nitrogens is 2. The van der Waals surface area contributed by atoms with E-state index < -0.39 is 11.6 Å². The molecule has 1 aromatic heterocycles.